The third-order valence-electron chi connectivity index (χ3n) is 5.09. The zero-order chi connectivity index (χ0) is 22.1. The van der Waals surface area contributed by atoms with E-state index in [1.54, 1.807) is 61.5 Å². The highest BCUT2D eigenvalue weighted by molar-refractivity contribution is 6.51. The van der Waals surface area contributed by atoms with Crippen molar-refractivity contribution in [2.24, 2.45) is 0 Å². The Morgan fingerprint density at radius 2 is 1.81 bits per heavy atom. The Kier molecular flexibility index (Phi) is 5.21. The summed E-state index contributed by atoms with van der Waals surface area (Å²) >= 11 is 0. The first-order valence-corrected chi connectivity index (χ1v) is 9.48. The van der Waals surface area contributed by atoms with Crippen LogP contribution < -0.4 is 14.4 Å². The SMILES string of the molecule is COc1ccc(OC)c(C2C(=C(O)c3ccccc3)C(=O)C(=O)N2c2cc(C)on2)c1. The van der Waals surface area contributed by atoms with Crippen molar-refractivity contribution in [3.8, 4) is 11.5 Å². The molecular weight excluding hydrogens is 400 g/mol. The zero-order valence-electron chi connectivity index (χ0n) is 17.2. The van der Waals surface area contributed by atoms with Crippen molar-refractivity contribution in [2.75, 3.05) is 19.1 Å². The van der Waals surface area contributed by atoms with Crippen LogP contribution in [0.3, 0.4) is 0 Å². The van der Waals surface area contributed by atoms with Gasteiger partial charge < -0.3 is 19.1 Å². The predicted octanol–water partition coefficient (Wildman–Crippen LogP) is 3.63. The number of hydrogen-bond acceptors (Lipinski definition) is 7. The van der Waals surface area contributed by atoms with Crippen LogP contribution in [0.15, 0.2) is 64.7 Å². The Balaban J connectivity index is 2.01. The van der Waals surface area contributed by atoms with Crippen molar-refractivity contribution in [2.45, 2.75) is 13.0 Å². The number of aliphatic hydroxyl groups excluding tert-OH is 1. The third kappa shape index (κ3) is 3.42. The molecule has 1 saturated heterocycles. The van der Waals surface area contributed by atoms with Crippen molar-refractivity contribution in [1.29, 1.82) is 0 Å². The number of ether oxygens (including phenoxy) is 2. The van der Waals surface area contributed by atoms with Crippen molar-refractivity contribution in [1.82, 2.24) is 5.16 Å². The summed E-state index contributed by atoms with van der Waals surface area (Å²) in [5, 5.41) is 15.0. The molecule has 2 heterocycles. The minimum atomic E-state index is -1.00. The van der Waals surface area contributed by atoms with E-state index < -0.39 is 17.7 Å². The van der Waals surface area contributed by atoms with Gasteiger partial charge in [0.05, 0.1) is 19.8 Å². The molecule has 1 unspecified atom stereocenters. The quantitative estimate of drug-likeness (QED) is 0.382. The van der Waals surface area contributed by atoms with Crippen LogP contribution in [-0.4, -0.2) is 36.2 Å². The van der Waals surface area contributed by atoms with Gasteiger partial charge in [-0.2, -0.15) is 0 Å². The summed E-state index contributed by atoms with van der Waals surface area (Å²) in [5.41, 5.74) is 0.784. The maximum atomic E-state index is 13.1. The van der Waals surface area contributed by atoms with Gasteiger partial charge in [-0.15, -0.1) is 0 Å². The summed E-state index contributed by atoms with van der Waals surface area (Å²) in [6, 6.07) is 14.1. The topological polar surface area (TPSA) is 102 Å². The fourth-order valence-electron chi connectivity index (χ4n) is 3.63. The molecule has 0 radical (unpaired) electrons. The van der Waals surface area contributed by atoms with Gasteiger partial charge in [-0.3, -0.25) is 14.5 Å². The van der Waals surface area contributed by atoms with Gasteiger partial charge in [0.15, 0.2) is 5.82 Å². The second-order valence-corrected chi connectivity index (χ2v) is 6.94. The lowest BCUT2D eigenvalue weighted by atomic mass is 9.94. The van der Waals surface area contributed by atoms with Crippen LogP contribution in [0, 0.1) is 6.92 Å². The van der Waals surface area contributed by atoms with Gasteiger partial charge in [-0.1, -0.05) is 35.5 Å². The lowest BCUT2D eigenvalue weighted by Gasteiger charge is -2.24. The zero-order valence-corrected chi connectivity index (χ0v) is 17.2. The second kappa shape index (κ2) is 7.98. The molecule has 1 fully saturated rings. The van der Waals surface area contributed by atoms with E-state index in [0.717, 1.165) is 0 Å². The number of carbonyl (C=O) groups excluding carboxylic acids is 2. The number of rotatable bonds is 5. The van der Waals surface area contributed by atoms with Crippen molar-refractivity contribution in [3.05, 3.63) is 77.1 Å². The Bertz CT molecular complexity index is 1180. The Hall–Kier alpha value is -4.07. The fourth-order valence-corrected chi connectivity index (χ4v) is 3.63. The molecule has 0 bridgehead atoms. The van der Waals surface area contributed by atoms with Crippen molar-refractivity contribution >= 4 is 23.3 Å². The second-order valence-electron chi connectivity index (χ2n) is 6.94. The summed E-state index contributed by atoms with van der Waals surface area (Å²) in [6.45, 7) is 1.68. The number of methoxy groups -OCH3 is 2. The van der Waals surface area contributed by atoms with Gasteiger partial charge in [0, 0.05) is 17.2 Å². The third-order valence-corrected chi connectivity index (χ3v) is 5.09. The molecule has 31 heavy (non-hydrogen) atoms. The molecule has 8 heteroatoms. The molecule has 4 rings (SSSR count). The first kappa shape index (κ1) is 20.2. The van der Waals surface area contributed by atoms with Gasteiger partial charge in [-0.25, -0.2) is 0 Å². The molecule has 1 aliphatic rings. The van der Waals surface area contributed by atoms with Crippen molar-refractivity contribution in [3.63, 3.8) is 0 Å². The van der Waals surface area contributed by atoms with E-state index >= 15 is 0 Å². The van der Waals surface area contributed by atoms with Gasteiger partial charge in [0.25, 0.3) is 5.78 Å². The van der Waals surface area contributed by atoms with E-state index in [9.17, 15) is 14.7 Å². The largest absolute Gasteiger partial charge is 0.507 e. The van der Waals surface area contributed by atoms with Gasteiger partial charge in [-0.05, 0) is 25.1 Å². The molecule has 0 spiro atoms. The molecule has 8 nitrogen and oxygen atoms in total. The number of aryl methyl sites for hydroxylation is 1. The number of aromatic nitrogens is 1. The average Bonchev–Trinajstić information content (AvgIpc) is 3.34. The minimum absolute atomic E-state index is 0.0802. The maximum Gasteiger partial charge on any atom is 0.301 e. The van der Waals surface area contributed by atoms with E-state index in [-0.39, 0.29) is 17.2 Å². The number of ketones is 1. The standard InChI is InChI=1S/C23H20N2O6/c1-13-11-18(24-31-13)25-20(16-12-15(29-2)9-10-17(16)30-3)19(22(27)23(25)28)21(26)14-7-5-4-6-8-14/h4-12,20,26H,1-3H3. The summed E-state index contributed by atoms with van der Waals surface area (Å²) in [5.74, 6) is -0.429. The molecular formula is C23H20N2O6. The first-order valence-electron chi connectivity index (χ1n) is 9.48. The lowest BCUT2D eigenvalue weighted by Crippen LogP contribution is -2.30. The average molecular weight is 420 g/mol. The Morgan fingerprint density at radius 1 is 1.06 bits per heavy atom. The van der Waals surface area contributed by atoms with Gasteiger partial charge in [0.2, 0.25) is 0 Å². The monoisotopic (exact) mass is 420 g/mol. The van der Waals surface area contributed by atoms with Gasteiger partial charge in [0.1, 0.15) is 29.1 Å². The van der Waals surface area contributed by atoms with E-state index in [2.05, 4.69) is 5.16 Å². The van der Waals surface area contributed by atoms with Gasteiger partial charge >= 0.3 is 5.91 Å². The highest BCUT2D eigenvalue weighted by Crippen LogP contribution is 2.45. The lowest BCUT2D eigenvalue weighted by molar-refractivity contribution is -0.132. The van der Waals surface area contributed by atoms with Crippen LogP contribution in [-0.2, 0) is 9.59 Å². The number of hydrogen-bond donors (Lipinski definition) is 1. The molecule has 1 atom stereocenters. The summed E-state index contributed by atoms with van der Waals surface area (Å²) in [7, 11) is 2.99. The Morgan fingerprint density at radius 3 is 2.42 bits per heavy atom. The molecule has 0 aliphatic carbocycles. The highest BCUT2D eigenvalue weighted by Gasteiger charge is 2.49. The van der Waals surface area contributed by atoms with Crippen LogP contribution in [0.4, 0.5) is 5.82 Å². The maximum absolute atomic E-state index is 13.1. The summed E-state index contributed by atoms with van der Waals surface area (Å²) in [6.07, 6.45) is 0. The number of nitrogens with zero attached hydrogens (tertiary/aromatic N) is 2. The van der Waals surface area contributed by atoms with Crippen LogP contribution in [0.2, 0.25) is 0 Å². The Labute approximate surface area is 178 Å². The number of anilines is 1. The number of amides is 1. The van der Waals surface area contributed by atoms with E-state index in [1.807, 2.05) is 0 Å². The van der Waals surface area contributed by atoms with E-state index in [0.29, 0.717) is 28.4 Å². The smallest absolute Gasteiger partial charge is 0.301 e. The summed E-state index contributed by atoms with van der Waals surface area (Å²) < 4.78 is 16.0. The highest BCUT2D eigenvalue weighted by atomic mass is 16.5. The molecule has 1 N–H and O–H groups in total. The number of aliphatic hydroxyl groups is 1. The van der Waals surface area contributed by atoms with Crippen LogP contribution >= 0.6 is 0 Å². The fraction of sp³-hybridized carbons (Fsp3) is 0.174. The number of Topliss-reactive ketones (excluding diaryl/α,β-unsaturated/α-hetero) is 1. The summed E-state index contributed by atoms with van der Waals surface area (Å²) in [4.78, 5) is 27.4. The molecule has 1 amide bonds. The molecule has 1 aliphatic heterocycles. The molecule has 1 aromatic heterocycles. The van der Waals surface area contributed by atoms with Crippen LogP contribution in [0.1, 0.15) is 22.9 Å². The van der Waals surface area contributed by atoms with E-state index in [1.165, 1.54) is 19.1 Å². The number of carbonyl (C=O) groups is 2. The predicted molar refractivity (Wildman–Crippen MR) is 112 cm³/mol. The minimum Gasteiger partial charge on any atom is -0.507 e. The normalized spacial score (nSPS) is 17.8. The molecule has 3 aromatic rings. The first-order chi connectivity index (χ1) is 15.0. The van der Waals surface area contributed by atoms with Crippen LogP contribution in [0.25, 0.3) is 5.76 Å². The van der Waals surface area contributed by atoms with E-state index in [4.69, 9.17) is 14.0 Å². The van der Waals surface area contributed by atoms with Crippen molar-refractivity contribution < 1.29 is 28.7 Å². The number of benzene rings is 2. The van der Waals surface area contributed by atoms with Crippen LogP contribution in [0.5, 0.6) is 11.5 Å². The molecule has 2 aromatic carbocycles. The molecule has 158 valence electrons. The molecule has 0 saturated carbocycles.